The Morgan fingerprint density at radius 3 is 2.68 bits per heavy atom. The minimum absolute atomic E-state index is 0.548. The molecule has 0 saturated carbocycles. The van der Waals surface area contributed by atoms with Gasteiger partial charge in [-0.25, -0.2) is 0 Å². The zero-order valence-electron chi connectivity index (χ0n) is 10.4. The normalized spacial score (nSPS) is 10.5. The molecule has 0 atom stereocenters. The average molecular weight is 250 g/mol. The number of hydrogen-bond acceptors (Lipinski definition) is 3. The number of benzene rings is 2. The number of ether oxygens (including phenoxy) is 1. The molecule has 19 heavy (non-hydrogen) atoms. The van der Waals surface area contributed by atoms with Gasteiger partial charge in [-0.1, -0.05) is 30.3 Å². The Hall–Kier alpha value is -2.55. The lowest BCUT2D eigenvalue weighted by atomic mass is 10.2. The first-order valence-electron chi connectivity index (χ1n) is 6.14. The largest absolute Gasteiger partial charge is 0.489 e. The van der Waals surface area contributed by atoms with Crippen molar-refractivity contribution in [1.29, 1.82) is 0 Å². The number of rotatable bonds is 3. The van der Waals surface area contributed by atoms with E-state index in [0.29, 0.717) is 6.61 Å². The summed E-state index contributed by atoms with van der Waals surface area (Å²) in [4.78, 5) is 4.27. The number of nitrogens with two attached hydrogens (primary N) is 1. The second-order valence-electron chi connectivity index (χ2n) is 4.35. The maximum absolute atomic E-state index is 5.94. The molecule has 0 bridgehead atoms. The van der Waals surface area contributed by atoms with Crippen LogP contribution in [0.2, 0.25) is 0 Å². The van der Waals surface area contributed by atoms with E-state index in [2.05, 4.69) is 4.98 Å². The Bertz CT molecular complexity index is 695. The highest BCUT2D eigenvalue weighted by Crippen LogP contribution is 2.24. The van der Waals surface area contributed by atoms with E-state index in [4.69, 9.17) is 10.5 Å². The van der Waals surface area contributed by atoms with E-state index in [1.54, 1.807) is 12.3 Å². The fourth-order valence-electron chi connectivity index (χ4n) is 1.98. The number of anilines is 1. The Balaban J connectivity index is 1.84. The summed E-state index contributed by atoms with van der Waals surface area (Å²) in [5.74, 6) is 0.802. The summed E-state index contributed by atoms with van der Waals surface area (Å²) in [5.41, 5.74) is 8.68. The van der Waals surface area contributed by atoms with Gasteiger partial charge in [-0.2, -0.15) is 0 Å². The van der Waals surface area contributed by atoms with Crippen LogP contribution in [0, 0.1) is 0 Å². The lowest BCUT2D eigenvalue weighted by Gasteiger charge is -2.08. The molecule has 0 spiro atoms. The Labute approximate surface area is 111 Å². The van der Waals surface area contributed by atoms with Gasteiger partial charge < -0.3 is 10.5 Å². The van der Waals surface area contributed by atoms with E-state index in [1.165, 1.54) is 0 Å². The highest BCUT2D eigenvalue weighted by Gasteiger charge is 2.02. The molecular weight excluding hydrogens is 236 g/mol. The average Bonchev–Trinajstić information content (AvgIpc) is 2.47. The number of fused-ring (bicyclic) bond motifs is 1. The van der Waals surface area contributed by atoms with E-state index in [1.807, 2.05) is 48.5 Å². The van der Waals surface area contributed by atoms with Gasteiger partial charge in [0.2, 0.25) is 0 Å². The molecule has 0 aliphatic heterocycles. The van der Waals surface area contributed by atoms with Crippen LogP contribution in [-0.2, 0) is 6.61 Å². The molecule has 0 amide bonds. The molecule has 0 aliphatic carbocycles. The van der Waals surface area contributed by atoms with Crippen LogP contribution in [0.4, 0.5) is 5.69 Å². The molecule has 3 rings (SSSR count). The van der Waals surface area contributed by atoms with Gasteiger partial charge in [-0.05, 0) is 29.8 Å². The number of hydrogen-bond donors (Lipinski definition) is 1. The first kappa shape index (κ1) is 11.5. The van der Waals surface area contributed by atoms with Gasteiger partial charge in [-0.3, -0.25) is 4.98 Å². The van der Waals surface area contributed by atoms with Crippen LogP contribution in [0.15, 0.2) is 60.8 Å². The van der Waals surface area contributed by atoms with E-state index in [9.17, 15) is 0 Å². The van der Waals surface area contributed by atoms with Gasteiger partial charge in [0.25, 0.3) is 0 Å². The summed E-state index contributed by atoms with van der Waals surface area (Å²) < 4.78 is 5.77. The van der Waals surface area contributed by atoms with Crippen LogP contribution >= 0.6 is 0 Å². The Kier molecular flexibility index (Phi) is 3.02. The fourth-order valence-corrected chi connectivity index (χ4v) is 1.98. The van der Waals surface area contributed by atoms with Crippen molar-refractivity contribution in [3.63, 3.8) is 0 Å². The first-order chi connectivity index (χ1) is 9.33. The molecule has 0 aliphatic rings. The lowest BCUT2D eigenvalue weighted by molar-refractivity contribution is 0.306. The summed E-state index contributed by atoms with van der Waals surface area (Å²) in [5, 5.41) is 0.924. The van der Waals surface area contributed by atoms with Crippen LogP contribution < -0.4 is 10.5 Å². The molecule has 2 N–H and O–H groups in total. The summed E-state index contributed by atoms with van der Waals surface area (Å²) in [6.07, 6.45) is 1.71. The molecule has 0 saturated heterocycles. The number of aromatic nitrogens is 1. The smallest absolute Gasteiger partial charge is 0.120 e. The molecule has 1 heterocycles. The van der Waals surface area contributed by atoms with Gasteiger partial charge >= 0.3 is 0 Å². The van der Waals surface area contributed by atoms with Crippen LogP contribution in [0.1, 0.15) is 5.56 Å². The van der Waals surface area contributed by atoms with Gasteiger partial charge in [0.15, 0.2) is 0 Å². The standard InChI is InChI=1S/C16H14N2O/c17-15-8-9-18-16-7-6-13(10-14(15)16)19-11-12-4-2-1-3-5-12/h1-10H,11H2,(H2,17,18). The minimum Gasteiger partial charge on any atom is -0.489 e. The molecule has 0 radical (unpaired) electrons. The van der Waals surface area contributed by atoms with E-state index >= 15 is 0 Å². The van der Waals surface area contributed by atoms with Gasteiger partial charge in [0.1, 0.15) is 12.4 Å². The maximum atomic E-state index is 5.94. The van der Waals surface area contributed by atoms with Crippen molar-refractivity contribution in [2.24, 2.45) is 0 Å². The zero-order chi connectivity index (χ0) is 13.1. The van der Waals surface area contributed by atoms with Crippen molar-refractivity contribution < 1.29 is 4.74 Å². The maximum Gasteiger partial charge on any atom is 0.120 e. The molecule has 0 unspecified atom stereocenters. The van der Waals surface area contributed by atoms with Crippen LogP contribution in [0.25, 0.3) is 10.9 Å². The van der Waals surface area contributed by atoms with Crippen LogP contribution in [0.5, 0.6) is 5.75 Å². The number of nitrogens with zero attached hydrogens (tertiary/aromatic N) is 1. The van der Waals surface area contributed by atoms with Gasteiger partial charge in [0.05, 0.1) is 5.52 Å². The molecular formula is C16H14N2O. The third-order valence-electron chi connectivity index (χ3n) is 3.00. The summed E-state index contributed by atoms with van der Waals surface area (Å²) >= 11 is 0. The SMILES string of the molecule is Nc1ccnc2ccc(OCc3ccccc3)cc12. The third kappa shape index (κ3) is 2.50. The number of pyridine rings is 1. The predicted molar refractivity (Wildman–Crippen MR) is 76.9 cm³/mol. The van der Waals surface area contributed by atoms with Gasteiger partial charge in [0, 0.05) is 17.3 Å². The third-order valence-corrected chi connectivity index (χ3v) is 3.00. The highest BCUT2D eigenvalue weighted by molar-refractivity contribution is 5.90. The van der Waals surface area contributed by atoms with Gasteiger partial charge in [-0.15, -0.1) is 0 Å². The quantitative estimate of drug-likeness (QED) is 0.775. The minimum atomic E-state index is 0.548. The highest BCUT2D eigenvalue weighted by atomic mass is 16.5. The molecule has 1 aromatic heterocycles. The van der Waals surface area contributed by atoms with Crippen LogP contribution in [-0.4, -0.2) is 4.98 Å². The number of nitrogen functional groups attached to an aromatic ring is 1. The fraction of sp³-hybridized carbons (Fsp3) is 0.0625. The van der Waals surface area contributed by atoms with Crippen molar-refractivity contribution in [2.75, 3.05) is 5.73 Å². The predicted octanol–water partition coefficient (Wildman–Crippen LogP) is 3.40. The second kappa shape index (κ2) is 4.98. The Morgan fingerprint density at radius 2 is 1.84 bits per heavy atom. The molecule has 2 aromatic carbocycles. The summed E-state index contributed by atoms with van der Waals surface area (Å²) in [7, 11) is 0. The Morgan fingerprint density at radius 1 is 1.00 bits per heavy atom. The van der Waals surface area contributed by atoms with Crippen molar-refractivity contribution in [1.82, 2.24) is 4.98 Å². The lowest BCUT2D eigenvalue weighted by Crippen LogP contribution is -1.95. The molecule has 94 valence electrons. The van der Waals surface area contributed by atoms with E-state index in [-0.39, 0.29) is 0 Å². The topological polar surface area (TPSA) is 48.1 Å². The van der Waals surface area contributed by atoms with Crippen molar-refractivity contribution in [2.45, 2.75) is 6.61 Å². The summed E-state index contributed by atoms with van der Waals surface area (Å²) in [6, 6.07) is 17.6. The van der Waals surface area contributed by atoms with Crippen molar-refractivity contribution in [3.05, 3.63) is 66.4 Å². The van der Waals surface area contributed by atoms with Crippen molar-refractivity contribution in [3.8, 4) is 5.75 Å². The first-order valence-corrected chi connectivity index (χ1v) is 6.14. The van der Waals surface area contributed by atoms with E-state index < -0.39 is 0 Å². The molecule has 3 aromatic rings. The molecule has 3 nitrogen and oxygen atoms in total. The monoisotopic (exact) mass is 250 g/mol. The second-order valence-corrected chi connectivity index (χ2v) is 4.35. The zero-order valence-corrected chi connectivity index (χ0v) is 10.4. The van der Waals surface area contributed by atoms with Crippen LogP contribution in [0.3, 0.4) is 0 Å². The summed E-state index contributed by atoms with van der Waals surface area (Å²) in [6.45, 7) is 0.548. The van der Waals surface area contributed by atoms with Crippen molar-refractivity contribution >= 4 is 16.6 Å². The molecule has 0 fully saturated rings. The van der Waals surface area contributed by atoms with E-state index in [0.717, 1.165) is 27.9 Å². The molecule has 3 heteroatoms.